The number of fused-ring (bicyclic) bond motifs is 1. The Hall–Kier alpha value is -3.41. The summed E-state index contributed by atoms with van der Waals surface area (Å²) in [5.74, 6) is 0.212. The lowest BCUT2D eigenvalue weighted by Crippen LogP contribution is -2.20. The number of aliphatic carboxylic acids is 1. The Kier molecular flexibility index (Phi) is 5.98. The first-order valence-electron chi connectivity index (χ1n) is 11.8. The average Bonchev–Trinajstić information content (AvgIpc) is 3.60. The number of carboxylic acid groups (broad SMARTS) is 1. The van der Waals surface area contributed by atoms with Gasteiger partial charge in [-0.15, -0.1) is 0 Å². The van der Waals surface area contributed by atoms with E-state index < -0.39 is 11.9 Å². The first kappa shape index (κ1) is 22.4. The molecule has 34 heavy (non-hydrogen) atoms. The molecule has 176 valence electrons. The van der Waals surface area contributed by atoms with Crippen molar-refractivity contribution in [3.05, 3.63) is 77.2 Å². The molecule has 1 N–H and O–H groups in total. The van der Waals surface area contributed by atoms with Crippen molar-refractivity contribution in [1.82, 2.24) is 4.98 Å². The Balaban J connectivity index is 1.37. The quantitative estimate of drug-likeness (QED) is 0.434. The van der Waals surface area contributed by atoms with E-state index in [2.05, 4.69) is 0 Å². The van der Waals surface area contributed by atoms with Gasteiger partial charge in [0.25, 0.3) is 0 Å². The highest BCUT2D eigenvalue weighted by molar-refractivity contribution is 5.71. The number of carboxylic acids is 1. The summed E-state index contributed by atoms with van der Waals surface area (Å²) < 4.78 is 26.0. The molecule has 0 aliphatic heterocycles. The molecule has 6 heteroatoms. The van der Waals surface area contributed by atoms with E-state index in [0.29, 0.717) is 22.9 Å². The van der Waals surface area contributed by atoms with Gasteiger partial charge < -0.3 is 14.6 Å². The van der Waals surface area contributed by atoms with Gasteiger partial charge in [-0.3, -0.25) is 9.78 Å². The molecule has 3 atom stereocenters. The Morgan fingerprint density at radius 3 is 2.65 bits per heavy atom. The van der Waals surface area contributed by atoms with Crippen molar-refractivity contribution in [2.45, 2.75) is 44.6 Å². The molecular weight excluding hydrogens is 433 g/mol. The van der Waals surface area contributed by atoms with Crippen molar-refractivity contribution in [3.63, 3.8) is 0 Å². The zero-order valence-corrected chi connectivity index (χ0v) is 19.3. The second-order valence-corrected chi connectivity index (χ2v) is 9.29. The number of pyridine rings is 1. The highest BCUT2D eigenvalue weighted by Crippen LogP contribution is 2.47. The molecule has 2 aromatic carbocycles. The molecule has 2 aliphatic rings. The standard InChI is InChI=1S/C28H28FNO4/c1-16(28(31)32)27(17-6-7-17)18-4-3-5-20(14-18)34-26-13-12-24-21(26)9-11-25(30-24)22-15-19(33-2)8-10-23(22)29/h3-5,8-11,14-17,26-27H,6-7,12-13H2,1-2H3,(H,31,32)/t16-,26+,27-/m0/s1. The molecule has 0 amide bonds. The van der Waals surface area contributed by atoms with Gasteiger partial charge in [0.05, 0.1) is 18.7 Å². The number of carbonyl (C=O) groups is 1. The van der Waals surface area contributed by atoms with Crippen LogP contribution in [0.2, 0.25) is 0 Å². The fraction of sp³-hybridized carbons (Fsp3) is 0.357. The molecule has 1 heterocycles. The van der Waals surface area contributed by atoms with Crippen molar-refractivity contribution >= 4 is 5.97 Å². The van der Waals surface area contributed by atoms with Crippen molar-refractivity contribution in [2.24, 2.45) is 11.8 Å². The smallest absolute Gasteiger partial charge is 0.306 e. The maximum Gasteiger partial charge on any atom is 0.306 e. The van der Waals surface area contributed by atoms with E-state index >= 15 is 0 Å². The molecule has 0 saturated heterocycles. The Bertz CT molecular complexity index is 1220. The summed E-state index contributed by atoms with van der Waals surface area (Å²) >= 11 is 0. The number of halogens is 1. The van der Waals surface area contributed by atoms with Crippen molar-refractivity contribution in [3.8, 4) is 22.8 Å². The number of rotatable bonds is 8. The summed E-state index contributed by atoms with van der Waals surface area (Å²) in [7, 11) is 1.55. The first-order valence-corrected chi connectivity index (χ1v) is 11.8. The van der Waals surface area contributed by atoms with Crippen LogP contribution >= 0.6 is 0 Å². The van der Waals surface area contributed by atoms with Gasteiger partial charge in [-0.05, 0) is 79.5 Å². The zero-order chi connectivity index (χ0) is 23.8. The lowest BCUT2D eigenvalue weighted by Gasteiger charge is -2.22. The Morgan fingerprint density at radius 1 is 1.09 bits per heavy atom. The van der Waals surface area contributed by atoms with Crippen LogP contribution in [-0.4, -0.2) is 23.2 Å². The number of aryl methyl sites for hydroxylation is 1. The summed E-state index contributed by atoms with van der Waals surface area (Å²) in [6.07, 6.45) is 3.54. The number of hydrogen-bond donors (Lipinski definition) is 1. The summed E-state index contributed by atoms with van der Waals surface area (Å²) in [5, 5.41) is 9.58. The van der Waals surface area contributed by atoms with Gasteiger partial charge in [0, 0.05) is 16.8 Å². The molecule has 5 rings (SSSR count). The highest BCUT2D eigenvalue weighted by atomic mass is 19.1. The molecule has 0 radical (unpaired) electrons. The number of aromatic nitrogens is 1. The number of benzene rings is 2. The summed E-state index contributed by atoms with van der Waals surface area (Å²) in [6, 6.07) is 16.3. The van der Waals surface area contributed by atoms with Gasteiger partial charge in [-0.1, -0.05) is 25.1 Å². The van der Waals surface area contributed by atoms with E-state index in [1.807, 2.05) is 36.4 Å². The van der Waals surface area contributed by atoms with Crippen LogP contribution < -0.4 is 9.47 Å². The number of ether oxygens (including phenoxy) is 2. The van der Waals surface area contributed by atoms with E-state index in [4.69, 9.17) is 14.5 Å². The van der Waals surface area contributed by atoms with Crippen LogP contribution in [0, 0.1) is 17.7 Å². The number of nitrogens with zero attached hydrogens (tertiary/aromatic N) is 1. The third kappa shape index (κ3) is 4.37. The minimum absolute atomic E-state index is 0.00102. The van der Waals surface area contributed by atoms with Crippen LogP contribution in [0.5, 0.6) is 11.5 Å². The van der Waals surface area contributed by atoms with Gasteiger partial charge in [0.15, 0.2) is 0 Å². The Morgan fingerprint density at radius 2 is 1.91 bits per heavy atom. The van der Waals surface area contributed by atoms with Gasteiger partial charge >= 0.3 is 5.97 Å². The minimum Gasteiger partial charge on any atom is -0.497 e. The maximum atomic E-state index is 14.4. The second-order valence-electron chi connectivity index (χ2n) is 9.29. The molecule has 2 aliphatic carbocycles. The molecular formula is C28H28FNO4. The van der Waals surface area contributed by atoms with E-state index in [-0.39, 0.29) is 17.8 Å². The topological polar surface area (TPSA) is 68.7 Å². The first-order chi connectivity index (χ1) is 16.4. The molecule has 1 saturated carbocycles. The molecule has 3 aromatic rings. The fourth-order valence-electron chi connectivity index (χ4n) is 5.07. The number of methoxy groups -OCH3 is 1. The predicted octanol–water partition coefficient (Wildman–Crippen LogP) is 6.18. The predicted molar refractivity (Wildman–Crippen MR) is 127 cm³/mol. The molecule has 0 unspecified atom stereocenters. The van der Waals surface area contributed by atoms with E-state index in [1.54, 1.807) is 26.2 Å². The SMILES string of the molecule is COc1ccc(F)c(-c2ccc3c(n2)CC[C@H]3Oc2cccc([C@H](C3CC3)[C@H](C)C(=O)O)c2)c1. The lowest BCUT2D eigenvalue weighted by molar-refractivity contribution is -0.142. The Labute approximate surface area is 198 Å². The normalized spacial score (nSPS) is 18.7. The lowest BCUT2D eigenvalue weighted by atomic mass is 9.83. The van der Waals surface area contributed by atoms with Gasteiger partial charge in [-0.2, -0.15) is 0 Å². The van der Waals surface area contributed by atoms with Crippen LogP contribution in [0.15, 0.2) is 54.6 Å². The molecule has 5 nitrogen and oxygen atoms in total. The summed E-state index contributed by atoms with van der Waals surface area (Å²) in [6.45, 7) is 1.79. The van der Waals surface area contributed by atoms with Crippen LogP contribution in [-0.2, 0) is 11.2 Å². The van der Waals surface area contributed by atoms with E-state index in [0.717, 1.165) is 48.3 Å². The molecule has 0 bridgehead atoms. The maximum absolute atomic E-state index is 14.4. The van der Waals surface area contributed by atoms with Crippen LogP contribution in [0.3, 0.4) is 0 Å². The van der Waals surface area contributed by atoms with Crippen molar-refractivity contribution in [2.75, 3.05) is 7.11 Å². The molecule has 0 spiro atoms. The largest absolute Gasteiger partial charge is 0.497 e. The second kappa shape index (κ2) is 9.09. The van der Waals surface area contributed by atoms with Crippen LogP contribution in [0.4, 0.5) is 4.39 Å². The number of hydrogen-bond acceptors (Lipinski definition) is 4. The molecule has 1 fully saturated rings. The van der Waals surface area contributed by atoms with E-state index in [9.17, 15) is 14.3 Å². The molecule has 1 aromatic heterocycles. The van der Waals surface area contributed by atoms with Crippen LogP contribution in [0.25, 0.3) is 11.3 Å². The highest BCUT2D eigenvalue weighted by Gasteiger charge is 2.38. The summed E-state index contributed by atoms with van der Waals surface area (Å²) in [5.41, 5.74) is 3.94. The minimum atomic E-state index is -0.762. The van der Waals surface area contributed by atoms with E-state index in [1.165, 1.54) is 6.07 Å². The zero-order valence-electron chi connectivity index (χ0n) is 19.3. The van der Waals surface area contributed by atoms with Gasteiger partial charge in [0.1, 0.15) is 23.4 Å². The van der Waals surface area contributed by atoms with Crippen LogP contribution in [0.1, 0.15) is 55.0 Å². The summed E-state index contributed by atoms with van der Waals surface area (Å²) in [4.78, 5) is 16.4. The third-order valence-electron chi connectivity index (χ3n) is 7.03. The van der Waals surface area contributed by atoms with Gasteiger partial charge in [0.2, 0.25) is 0 Å². The van der Waals surface area contributed by atoms with Gasteiger partial charge in [-0.25, -0.2) is 4.39 Å². The monoisotopic (exact) mass is 461 g/mol. The van der Waals surface area contributed by atoms with Crippen molar-refractivity contribution < 1.29 is 23.8 Å². The van der Waals surface area contributed by atoms with Crippen molar-refractivity contribution in [1.29, 1.82) is 0 Å². The fourth-order valence-corrected chi connectivity index (χ4v) is 5.07. The third-order valence-corrected chi connectivity index (χ3v) is 7.03. The average molecular weight is 462 g/mol.